The number of ether oxygens (including phenoxy) is 1. The number of nitrogens with one attached hydrogen (secondary N) is 1. The van der Waals surface area contributed by atoms with Crippen LogP contribution in [0.3, 0.4) is 0 Å². The maximum absolute atomic E-state index is 12.4. The zero-order valence-corrected chi connectivity index (χ0v) is 14.0. The van der Waals surface area contributed by atoms with Gasteiger partial charge >= 0.3 is 0 Å². The van der Waals surface area contributed by atoms with E-state index in [1.54, 1.807) is 42.5 Å². The zero-order chi connectivity index (χ0) is 17.4. The fourth-order valence-corrected chi connectivity index (χ4v) is 2.17. The molecule has 2 rings (SSSR count). The van der Waals surface area contributed by atoms with Gasteiger partial charge in [-0.25, -0.2) is 5.43 Å². The Morgan fingerprint density at radius 3 is 2.50 bits per heavy atom. The van der Waals surface area contributed by atoms with Gasteiger partial charge in [0, 0.05) is 0 Å². The lowest BCUT2D eigenvalue weighted by Gasteiger charge is -2.10. The molecule has 24 heavy (non-hydrogen) atoms. The average molecular weight is 326 g/mol. The van der Waals surface area contributed by atoms with E-state index >= 15 is 0 Å². The van der Waals surface area contributed by atoms with Crippen LogP contribution in [0.25, 0.3) is 0 Å². The minimum Gasteiger partial charge on any atom is -0.508 e. The first-order valence-corrected chi connectivity index (χ1v) is 8.03. The van der Waals surface area contributed by atoms with Gasteiger partial charge in [0.05, 0.1) is 17.9 Å². The van der Waals surface area contributed by atoms with Crippen LogP contribution in [0.4, 0.5) is 0 Å². The highest BCUT2D eigenvalue weighted by Gasteiger charge is 2.12. The first kappa shape index (κ1) is 17.5. The molecule has 0 aromatic heterocycles. The summed E-state index contributed by atoms with van der Waals surface area (Å²) < 4.78 is 5.60. The molecule has 5 nitrogen and oxygen atoms in total. The van der Waals surface area contributed by atoms with Gasteiger partial charge in [-0.1, -0.05) is 26.0 Å². The molecule has 2 aromatic rings. The Labute approximate surface area is 142 Å². The van der Waals surface area contributed by atoms with Crippen LogP contribution in [0.2, 0.25) is 0 Å². The van der Waals surface area contributed by atoms with Gasteiger partial charge in [0.25, 0.3) is 5.91 Å². The number of hydrogen-bond donors (Lipinski definition) is 2. The van der Waals surface area contributed by atoms with Crippen molar-refractivity contribution < 1.29 is 14.6 Å². The average Bonchev–Trinajstić information content (AvgIpc) is 2.62. The zero-order valence-electron chi connectivity index (χ0n) is 14.0. The van der Waals surface area contributed by atoms with E-state index in [1.807, 2.05) is 19.9 Å². The number of hydrazone groups is 1. The first-order valence-electron chi connectivity index (χ1n) is 8.03. The van der Waals surface area contributed by atoms with Gasteiger partial charge in [0.2, 0.25) is 0 Å². The van der Waals surface area contributed by atoms with Crippen LogP contribution >= 0.6 is 0 Å². The fourth-order valence-electron chi connectivity index (χ4n) is 2.17. The van der Waals surface area contributed by atoms with E-state index in [-0.39, 0.29) is 11.7 Å². The van der Waals surface area contributed by atoms with E-state index < -0.39 is 0 Å². The van der Waals surface area contributed by atoms with Crippen LogP contribution in [0, 0.1) is 0 Å². The second kappa shape index (κ2) is 8.72. The van der Waals surface area contributed by atoms with Crippen molar-refractivity contribution in [2.45, 2.75) is 26.7 Å². The number of hydrogen-bond acceptors (Lipinski definition) is 4. The molecule has 0 heterocycles. The Bertz CT molecular complexity index is 709. The highest BCUT2D eigenvalue weighted by molar-refractivity contribution is 6.02. The molecule has 0 atom stereocenters. The summed E-state index contributed by atoms with van der Waals surface area (Å²) in [7, 11) is 0. The largest absolute Gasteiger partial charge is 0.508 e. The third-order valence-corrected chi connectivity index (χ3v) is 3.42. The molecule has 0 aliphatic carbocycles. The van der Waals surface area contributed by atoms with Crippen molar-refractivity contribution in [1.29, 1.82) is 0 Å². The van der Waals surface area contributed by atoms with E-state index in [2.05, 4.69) is 10.5 Å². The van der Waals surface area contributed by atoms with Gasteiger partial charge < -0.3 is 9.84 Å². The molecule has 0 fully saturated rings. The second-order valence-electron chi connectivity index (χ2n) is 5.24. The quantitative estimate of drug-likeness (QED) is 0.601. The topological polar surface area (TPSA) is 70.9 Å². The van der Waals surface area contributed by atoms with Gasteiger partial charge in [0.1, 0.15) is 11.5 Å². The maximum atomic E-state index is 12.4. The Morgan fingerprint density at radius 2 is 1.83 bits per heavy atom. The normalized spacial score (nSPS) is 11.2. The van der Waals surface area contributed by atoms with Crippen LogP contribution < -0.4 is 10.2 Å². The van der Waals surface area contributed by atoms with Crippen LogP contribution in [-0.2, 0) is 0 Å². The second-order valence-corrected chi connectivity index (χ2v) is 5.24. The minimum atomic E-state index is -0.313. The molecule has 0 unspecified atom stereocenters. The predicted octanol–water partition coefficient (Wildman–Crippen LogP) is 3.73. The first-order chi connectivity index (χ1) is 11.7. The predicted molar refractivity (Wildman–Crippen MR) is 94.6 cm³/mol. The van der Waals surface area contributed by atoms with E-state index in [0.717, 1.165) is 17.7 Å². The number of carbonyl (C=O) groups excluding carboxylic acids is 1. The minimum absolute atomic E-state index is 0.195. The summed E-state index contributed by atoms with van der Waals surface area (Å²) >= 11 is 0. The lowest BCUT2D eigenvalue weighted by molar-refractivity contribution is 0.0950. The highest BCUT2D eigenvalue weighted by Crippen LogP contribution is 2.18. The van der Waals surface area contributed by atoms with Crippen molar-refractivity contribution in [2.75, 3.05) is 6.61 Å². The standard InChI is InChI=1S/C19H22N2O3/c1-3-13-24-18-8-6-5-7-16(18)19(23)21-20-17(4-2)14-9-11-15(22)12-10-14/h5-12,22H,3-4,13H2,1-2H3,(H,21,23)/b20-17+. The monoisotopic (exact) mass is 326 g/mol. The molecule has 1 amide bonds. The number of amides is 1. The van der Waals surface area contributed by atoms with Crippen LogP contribution in [0.1, 0.15) is 42.6 Å². The molecule has 0 saturated carbocycles. The molecule has 0 aliphatic heterocycles. The number of nitrogens with zero attached hydrogens (tertiary/aromatic N) is 1. The van der Waals surface area contributed by atoms with E-state index in [1.165, 1.54) is 0 Å². The number of benzene rings is 2. The Hall–Kier alpha value is -2.82. The van der Waals surface area contributed by atoms with Crippen molar-refractivity contribution in [3.8, 4) is 11.5 Å². The molecule has 5 heteroatoms. The maximum Gasteiger partial charge on any atom is 0.275 e. The molecule has 0 radical (unpaired) electrons. The fraction of sp³-hybridized carbons (Fsp3) is 0.263. The van der Waals surface area contributed by atoms with Crippen molar-refractivity contribution >= 4 is 11.6 Å². The van der Waals surface area contributed by atoms with Crippen molar-refractivity contribution in [1.82, 2.24) is 5.43 Å². The van der Waals surface area contributed by atoms with Crippen molar-refractivity contribution in [3.63, 3.8) is 0 Å². The molecule has 2 N–H and O–H groups in total. The summed E-state index contributed by atoms with van der Waals surface area (Å²) in [5, 5.41) is 13.6. The summed E-state index contributed by atoms with van der Waals surface area (Å²) in [4.78, 5) is 12.4. The van der Waals surface area contributed by atoms with E-state index in [9.17, 15) is 9.90 Å². The van der Waals surface area contributed by atoms with Crippen LogP contribution in [0.5, 0.6) is 11.5 Å². The molecular formula is C19H22N2O3. The molecule has 0 spiro atoms. The van der Waals surface area contributed by atoms with Crippen LogP contribution in [0.15, 0.2) is 53.6 Å². The van der Waals surface area contributed by atoms with Gasteiger partial charge in [-0.2, -0.15) is 5.10 Å². The van der Waals surface area contributed by atoms with Gasteiger partial charge in [-0.05, 0) is 54.8 Å². The summed E-state index contributed by atoms with van der Waals surface area (Å²) in [5.74, 6) is 0.432. The molecule has 126 valence electrons. The van der Waals surface area contributed by atoms with E-state index in [4.69, 9.17) is 4.74 Å². The number of phenolic OH excluding ortho intramolecular Hbond substituents is 1. The van der Waals surface area contributed by atoms with Gasteiger partial charge in [0.15, 0.2) is 0 Å². The summed E-state index contributed by atoms with van der Waals surface area (Å²) in [5.41, 5.74) is 4.63. The molecule has 0 aliphatic rings. The third kappa shape index (κ3) is 4.59. The summed E-state index contributed by atoms with van der Waals surface area (Å²) in [6.45, 7) is 4.52. The summed E-state index contributed by atoms with van der Waals surface area (Å²) in [6.07, 6.45) is 1.52. The Kier molecular flexibility index (Phi) is 6.37. The smallest absolute Gasteiger partial charge is 0.275 e. The lowest BCUT2D eigenvalue weighted by atomic mass is 10.1. The summed E-state index contributed by atoms with van der Waals surface area (Å²) in [6, 6.07) is 13.8. The Morgan fingerprint density at radius 1 is 1.12 bits per heavy atom. The number of rotatable bonds is 7. The lowest BCUT2D eigenvalue weighted by Crippen LogP contribution is -2.21. The third-order valence-electron chi connectivity index (χ3n) is 3.42. The number of carbonyl (C=O) groups is 1. The highest BCUT2D eigenvalue weighted by atomic mass is 16.5. The molecule has 2 aromatic carbocycles. The van der Waals surface area contributed by atoms with Crippen LogP contribution in [-0.4, -0.2) is 23.3 Å². The van der Waals surface area contributed by atoms with Gasteiger partial charge in [-0.3, -0.25) is 4.79 Å². The SMILES string of the molecule is CCCOc1ccccc1C(=O)N/N=C(\CC)c1ccc(O)cc1. The Balaban J connectivity index is 2.15. The number of aromatic hydroxyl groups is 1. The number of phenols is 1. The molecule has 0 bridgehead atoms. The van der Waals surface area contributed by atoms with Gasteiger partial charge in [-0.15, -0.1) is 0 Å². The van der Waals surface area contributed by atoms with Crippen molar-refractivity contribution in [3.05, 3.63) is 59.7 Å². The molecular weight excluding hydrogens is 304 g/mol. The van der Waals surface area contributed by atoms with Crippen molar-refractivity contribution in [2.24, 2.45) is 5.10 Å². The number of para-hydroxylation sites is 1. The molecule has 0 saturated heterocycles. The van der Waals surface area contributed by atoms with E-state index in [0.29, 0.717) is 24.3 Å².